The van der Waals surface area contributed by atoms with Crippen LogP contribution in [0, 0.1) is 5.41 Å². The first-order chi connectivity index (χ1) is 10.5. The standard InChI is InChI=1S/C21H20S/c1-21(2,3)13-14-8-9-19-17(10-14)18-11-15-6-4-5-7-16(15)12-20(18)22-19/h4-12H,13H2,1-3H3. The maximum atomic E-state index is 2.40. The van der Waals surface area contributed by atoms with Gasteiger partial charge in [0.1, 0.15) is 0 Å². The summed E-state index contributed by atoms with van der Waals surface area (Å²) in [5.74, 6) is 0. The van der Waals surface area contributed by atoms with E-state index in [1.54, 1.807) is 0 Å². The highest BCUT2D eigenvalue weighted by Gasteiger charge is 2.13. The van der Waals surface area contributed by atoms with Crippen LogP contribution in [-0.2, 0) is 6.42 Å². The zero-order valence-electron chi connectivity index (χ0n) is 13.3. The Morgan fingerprint density at radius 3 is 2.18 bits per heavy atom. The molecule has 4 rings (SSSR count). The van der Waals surface area contributed by atoms with Crippen LogP contribution in [0.2, 0.25) is 0 Å². The van der Waals surface area contributed by atoms with Crippen LogP contribution in [0.4, 0.5) is 0 Å². The summed E-state index contributed by atoms with van der Waals surface area (Å²) in [7, 11) is 0. The van der Waals surface area contributed by atoms with Crippen molar-refractivity contribution in [1.82, 2.24) is 0 Å². The van der Waals surface area contributed by atoms with Crippen molar-refractivity contribution in [2.24, 2.45) is 5.41 Å². The summed E-state index contributed by atoms with van der Waals surface area (Å²) < 4.78 is 2.78. The molecule has 4 aromatic rings. The summed E-state index contributed by atoms with van der Waals surface area (Å²) in [5, 5.41) is 5.47. The molecule has 0 saturated heterocycles. The number of hydrogen-bond donors (Lipinski definition) is 0. The molecule has 1 heteroatoms. The van der Waals surface area contributed by atoms with Crippen molar-refractivity contribution in [2.75, 3.05) is 0 Å². The van der Waals surface area contributed by atoms with E-state index < -0.39 is 0 Å². The maximum Gasteiger partial charge on any atom is 0.0361 e. The van der Waals surface area contributed by atoms with Crippen molar-refractivity contribution >= 4 is 42.3 Å². The quantitative estimate of drug-likeness (QED) is 0.363. The Labute approximate surface area is 135 Å². The molecule has 0 unspecified atom stereocenters. The van der Waals surface area contributed by atoms with Crippen molar-refractivity contribution in [2.45, 2.75) is 27.2 Å². The molecule has 0 radical (unpaired) electrons. The average Bonchev–Trinajstić information content (AvgIpc) is 2.80. The molecule has 0 aliphatic heterocycles. The first kappa shape index (κ1) is 13.8. The lowest BCUT2D eigenvalue weighted by Gasteiger charge is -2.18. The summed E-state index contributed by atoms with van der Waals surface area (Å²) in [6.45, 7) is 6.91. The van der Waals surface area contributed by atoms with Gasteiger partial charge in [0.15, 0.2) is 0 Å². The number of thiophene rings is 1. The van der Waals surface area contributed by atoms with E-state index in [1.165, 1.54) is 36.5 Å². The predicted molar refractivity (Wildman–Crippen MR) is 100.0 cm³/mol. The Bertz CT molecular complexity index is 983. The summed E-state index contributed by atoms with van der Waals surface area (Å²) >= 11 is 1.90. The van der Waals surface area contributed by atoms with E-state index in [0.717, 1.165) is 6.42 Å². The van der Waals surface area contributed by atoms with Crippen molar-refractivity contribution in [3.63, 3.8) is 0 Å². The number of rotatable bonds is 1. The van der Waals surface area contributed by atoms with Crippen LogP contribution >= 0.6 is 11.3 Å². The van der Waals surface area contributed by atoms with E-state index in [0.29, 0.717) is 5.41 Å². The van der Waals surface area contributed by atoms with Gasteiger partial charge in [0.2, 0.25) is 0 Å². The zero-order valence-corrected chi connectivity index (χ0v) is 14.1. The van der Waals surface area contributed by atoms with Gasteiger partial charge in [-0.1, -0.05) is 51.1 Å². The monoisotopic (exact) mass is 304 g/mol. The molecule has 1 heterocycles. The Hall–Kier alpha value is -1.86. The molecule has 0 bridgehead atoms. The average molecular weight is 304 g/mol. The van der Waals surface area contributed by atoms with Gasteiger partial charge < -0.3 is 0 Å². The molecule has 22 heavy (non-hydrogen) atoms. The third kappa shape index (κ3) is 2.40. The molecule has 0 fully saturated rings. The third-order valence-electron chi connectivity index (χ3n) is 4.14. The van der Waals surface area contributed by atoms with Crippen molar-refractivity contribution < 1.29 is 0 Å². The van der Waals surface area contributed by atoms with Crippen molar-refractivity contribution in [1.29, 1.82) is 0 Å². The molecule has 0 spiro atoms. The van der Waals surface area contributed by atoms with Crippen LogP contribution in [0.3, 0.4) is 0 Å². The molecule has 0 aliphatic carbocycles. The van der Waals surface area contributed by atoms with E-state index >= 15 is 0 Å². The van der Waals surface area contributed by atoms with Gasteiger partial charge in [0.05, 0.1) is 0 Å². The Kier molecular flexibility index (Phi) is 3.02. The number of fused-ring (bicyclic) bond motifs is 4. The normalized spacial score (nSPS) is 12.5. The van der Waals surface area contributed by atoms with Crippen LogP contribution in [0.15, 0.2) is 54.6 Å². The zero-order chi connectivity index (χ0) is 15.3. The lowest BCUT2D eigenvalue weighted by Crippen LogP contribution is -2.08. The van der Waals surface area contributed by atoms with E-state index in [1.807, 2.05) is 11.3 Å². The van der Waals surface area contributed by atoms with Crippen LogP contribution in [-0.4, -0.2) is 0 Å². The van der Waals surface area contributed by atoms with E-state index in [4.69, 9.17) is 0 Å². The van der Waals surface area contributed by atoms with Gasteiger partial charge in [0, 0.05) is 20.2 Å². The van der Waals surface area contributed by atoms with Gasteiger partial charge in [-0.15, -0.1) is 11.3 Å². The smallest absolute Gasteiger partial charge is 0.0361 e. The first-order valence-corrected chi connectivity index (χ1v) is 8.65. The van der Waals surface area contributed by atoms with E-state index in [-0.39, 0.29) is 0 Å². The molecule has 1 aromatic heterocycles. The molecule has 3 aromatic carbocycles. The minimum atomic E-state index is 0.326. The Balaban J connectivity index is 1.98. The molecule has 0 amide bonds. The van der Waals surface area contributed by atoms with Gasteiger partial charge in [-0.2, -0.15) is 0 Å². The Morgan fingerprint density at radius 2 is 1.45 bits per heavy atom. The number of hydrogen-bond acceptors (Lipinski definition) is 1. The fourth-order valence-corrected chi connectivity index (χ4v) is 4.35. The van der Waals surface area contributed by atoms with E-state index in [2.05, 4.69) is 75.4 Å². The summed E-state index contributed by atoms with van der Waals surface area (Å²) in [6, 6.07) is 20.3. The van der Waals surface area contributed by atoms with Crippen LogP contribution in [0.5, 0.6) is 0 Å². The van der Waals surface area contributed by atoms with Gasteiger partial charge in [0.25, 0.3) is 0 Å². The number of benzene rings is 3. The highest BCUT2D eigenvalue weighted by molar-refractivity contribution is 7.25. The molecular weight excluding hydrogens is 284 g/mol. The molecule has 0 nitrogen and oxygen atoms in total. The summed E-state index contributed by atoms with van der Waals surface area (Å²) in [5.41, 5.74) is 1.76. The van der Waals surface area contributed by atoms with Gasteiger partial charge >= 0.3 is 0 Å². The Morgan fingerprint density at radius 1 is 0.773 bits per heavy atom. The van der Waals surface area contributed by atoms with Crippen molar-refractivity contribution in [3.05, 3.63) is 60.2 Å². The largest absolute Gasteiger partial charge is 0.135 e. The van der Waals surface area contributed by atoms with Crippen molar-refractivity contribution in [3.8, 4) is 0 Å². The molecular formula is C21H20S. The molecule has 0 atom stereocenters. The fourth-order valence-electron chi connectivity index (χ4n) is 3.23. The summed E-state index contributed by atoms with van der Waals surface area (Å²) in [4.78, 5) is 0. The minimum absolute atomic E-state index is 0.326. The topological polar surface area (TPSA) is 0 Å². The van der Waals surface area contributed by atoms with E-state index in [9.17, 15) is 0 Å². The maximum absolute atomic E-state index is 2.40. The fraction of sp³-hybridized carbons (Fsp3) is 0.238. The second-order valence-electron chi connectivity index (χ2n) is 7.37. The van der Waals surface area contributed by atoms with Crippen LogP contribution in [0.25, 0.3) is 30.9 Å². The molecule has 0 aliphatic rings. The van der Waals surface area contributed by atoms with Gasteiger partial charge in [-0.3, -0.25) is 0 Å². The molecule has 110 valence electrons. The predicted octanol–water partition coefficient (Wildman–Crippen LogP) is 6.80. The summed E-state index contributed by atoms with van der Waals surface area (Å²) in [6.07, 6.45) is 1.12. The lowest BCUT2D eigenvalue weighted by molar-refractivity contribution is 0.411. The SMILES string of the molecule is CC(C)(C)Cc1ccc2sc3cc4ccccc4cc3c2c1. The highest BCUT2D eigenvalue weighted by Crippen LogP contribution is 2.37. The second-order valence-corrected chi connectivity index (χ2v) is 8.45. The van der Waals surface area contributed by atoms with Crippen LogP contribution < -0.4 is 0 Å². The lowest BCUT2D eigenvalue weighted by atomic mass is 9.88. The van der Waals surface area contributed by atoms with Gasteiger partial charge in [-0.05, 0) is 52.4 Å². The molecule has 0 saturated carbocycles. The third-order valence-corrected chi connectivity index (χ3v) is 5.27. The van der Waals surface area contributed by atoms with Gasteiger partial charge in [-0.25, -0.2) is 0 Å². The van der Waals surface area contributed by atoms with Crippen LogP contribution in [0.1, 0.15) is 26.3 Å². The highest BCUT2D eigenvalue weighted by atomic mass is 32.1. The first-order valence-electron chi connectivity index (χ1n) is 7.84. The second kappa shape index (κ2) is 4.82. The molecule has 0 N–H and O–H groups in total. The minimum Gasteiger partial charge on any atom is -0.135 e.